The number of sulfonamides is 1. The summed E-state index contributed by atoms with van der Waals surface area (Å²) in [6, 6.07) is 1.44. The molecule has 1 aromatic heterocycles. The van der Waals surface area contributed by atoms with Crippen LogP contribution in [0.1, 0.15) is 86.0 Å². The Morgan fingerprint density at radius 3 is 2.49 bits per heavy atom. The lowest BCUT2D eigenvalue weighted by Gasteiger charge is -2.35. The summed E-state index contributed by atoms with van der Waals surface area (Å²) in [6.07, 6.45) is 0.0946. The summed E-state index contributed by atoms with van der Waals surface area (Å²) >= 11 is 0. The molecule has 2 aromatic rings. The van der Waals surface area contributed by atoms with Crippen LogP contribution in [0.4, 0.5) is 22.4 Å². The monoisotopic (exact) mass is 853 g/mol. The molecular weight excluding hydrogens is 803 g/mol. The van der Waals surface area contributed by atoms with E-state index in [1.165, 1.54) is 18.3 Å². The van der Waals surface area contributed by atoms with Crippen LogP contribution in [0.25, 0.3) is 10.8 Å². The first kappa shape index (κ1) is 43.9. The van der Waals surface area contributed by atoms with Gasteiger partial charge in [-0.2, -0.15) is 13.2 Å². The van der Waals surface area contributed by atoms with Crippen molar-refractivity contribution in [1.82, 2.24) is 25.2 Å². The number of carbonyl (C=O) groups excluding carboxylic acids is 4. The number of allylic oxidation sites excluding steroid dienone is 1. The van der Waals surface area contributed by atoms with E-state index in [9.17, 15) is 40.8 Å². The lowest BCUT2D eigenvalue weighted by atomic mass is 9.85. The molecular formula is C40H51F4N5O9S. The smallest absolute Gasteiger partial charge is 0.427 e. The van der Waals surface area contributed by atoms with Gasteiger partial charge in [0.1, 0.15) is 23.7 Å². The molecule has 3 heterocycles. The number of hydrogen-bond acceptors (Lipinski definition) is 10. The Morgan fingerprint density at radius 2 is 1.83 bits per heavy atom. The largest absolute Gasteiger partial charge is 0.491 e. The lowest BCUT2D eigenvalue weighted by molar-refractivity contribution is -0.244. The molecule has 1 saturated heterocycles. The van der Waals surface area contributed by atoms with Crippen molar-refractivity contribution in [3.8, 4) is 11.6 Å². The van der Waals surface area contributed by atoms with Crippen LogP contribution in [0.15, 0.2) is 36.5 Å². The van der Waals surface area contributed by atoms with Crippen molar-refractivity contribution >= 4 is 44.6 Å². The summed E-state index contributed by atoms with van der Waals surface area (Å²) in [5.41, 5.74) is -4.58. The van der Waals surface area contributed by atoms with E-state index in [0.717, 1.165) is 4.90 Å². The minimum atomic E-state index is -4.94. The van der Waals surface area contributed by atoms with Crippen molar-refractivity contribution in [2.24, 2.45) is 17.8 Å². The van der Waals surface area contributed by atoms with Gasteiger partial charge in [-0.1, -0.05) is 32.4 Å². The Labute approximate surface area is 340 Å². The van der Waals surface area contributed by atoms with E-state index in [1.807, 2.05) is 13.0 Å². The number of alkyl halides is 3. The molecule has 0 radical (unpaired) electrons. The fourth-order valence-corrected chi connectivity index (χ4v) is 9.19. The molecule has 19 heteroatoms. The molecule has 4 amide bonds. The number of carbonyl (C=O) groups is 4. The van der Waals surface area contributed by atoms with Crippen LogP contribution >= 0.6 is 0 Å². The highest BCUT2D eigenvalue weighted by atomic mass is 32.2. The van der Waals surface area contributed by atoms with Gasteiger partial charge in [-0.25, -0.2) is 22.6 Å². The number of fused-ring (bicyclic) bond motifs is 3. The number of rotatable bonds is 10. The number of ether oxygens (including phenoxy) is 3. The van der Waals surface area contributed by atoms with Crippen molar-refractivity contribution in [2.75, 3.05) is 13.2 Å². The third-order valence-corrected chi connectivity index (χ3v) is 13.5. The maximum absolute atomic E-state index is 15.1. The fraction of sp³-hybridized carbons (Fsp3) is 0.625. The van der Waals surface area contributed by atoms with Gasteiger partial charge in [0.2, 0.25) is 33.3 Å². The zero-order chi connectivity index (χ0) is 43.1. The second-order valence-electron chi connectivity index (χ2n) is 16.5. The maximum Gasteiger partial charge on any atom is 0.427 e. The molecule has 324 valence electrons. The highest BCUT2D eigenvalue weighted by molar-refractivity contribution is 7.91. The Bertz CT molecular complexity index is 2100. The number of hydrogen-bond donors (Lipinski definition) is 3. The number of nitrogens with zero attached hydrogens (tertiary/aromatic N) is 2. The van der Waals surface area contributed by atoms with Crippen molar-refractivity contribution in [1.29, 1.82) is 0 Å². The quantitative estimate of drug-likeness (QED) is 0.206. The van der Waals surface area contributed by atoms with Crippen LogP contribution in [0, 0.1) is 23.6 Å². The van der Waals surface area contributed by atoms with Gasteiger partial charge in [-0.05, 0) is 94.7 Å². The zero-order valence-electron chi connectivity index (χ0n) is 33.6. The van der Waals surface area contributed by atoms with E-state index in [2.05, 4.69) is 20.3 Å². The average Bonchev–Trinajstić information content (AvgIpc) is 4.08. The van der Waals surface area contributed by atoms with Crippen molar-refractivity contribution in [3.05, 3.63) is 42.4 Å². The third-order valence-electron chi connectivity index (χ3n) is 11.6. The Morgan fingerprint density at radius 1 is 1.10 bits per heavy atom. The zero-order valence-corrected chi connectivity index (χ0v) is 34.4. The molecule has 2 aliphatic heterocycles. The molecule has 2 aliphatic carbocycles. The topological polar surface area (TPSA) is 182 Å². The number of alkyl carbamates (subject to hydrolysis) is 1. The molecule has 2 saturated carbocycles. The molecule has 0 spiro atoms. The summed E-state index contributed by atoms with van der Waals surface area (Å²) in [5, 5.41) is 5.22. The molecule has 3 fully saturated rings. The van der Waals surface area contributed by atoms with Crippen LogP contribution in [0.3, 0.4) is 0 Å². The normalized spacial score (nSPS) is 28.6. The summed E-state index contributed by atoms with van der Waals surface area (Å²) in [7, 11) is -4.01. The van der Waals surface area contributed by atoms with E-state index in [4.69, 9.17) is 14.2 Å². The standard InChI is InChI=1S/C40H51F4N5O9S/c1-6-23-16-22(3)10-8-9-11-25-20-39(25,36(52)48-59(54,55)27-12-13-27)47-33(50)30-18-26(57-34-28-19-29(41)31(56-7-2)17-24(28)14-15-45-34)21-49(30)35(51)32(23)46-37(53)58-38(4,5)40(42,43)44/h9,11,14-15,17,19,22-23,25-27,30,32H,6-8,10,12-13,16,18,20-21H2,1-5H3,(H,46,53)(H,47,50)(H,48,52)/b11-9-/t22-,23+,25+,26+,30-,32?,39+/m0/s1. The van der Waals surface area contributed by atoms with Gasteiger partial charge in [-0.3, -0.25) is 19.1 Å². The predicted octanol–water partition coefficient (Wildman–Crippen LogP) is 5.44. The van der Waals surface area contributed by atoms with E-state index in [0.29, 0.717) is 57.8 Å². The van der Waals surface area contributed by atoms with Crippen LogP contribution in [-0.2, 0) is 29.1 Å². The summed E-state index contributed by atoms with van der Waals surface area (Å²) < 4.78 is 101. The third kappa shape index (κ3) is 9.54. The molecule has 3 N–H and O–H groups in total. The lowest BCUT2D eigenvalue weighted by Crippen LogP contribution is -2.59. The van der Waals surface area contributed by atoms with Gasteiger partial charge >= 0.3 is 12.3 Å². The second kappa shape index (κ2) is 16.8. The summed E-state index contributed by atoms with van der Waals surface area (Å²) in [5.74, 6) is -4.50. The number of nitrogens with one attached hydrogen (secondary N) is 3. The molecule has 14 nitrogen and oxygen atoms in total. The van der Waals surface area contributed by atoms with Gasteiger partial charge in [0.25, 0.3) is 5.91 Å². The highest BCUT2D eigenvalue weighted by Crippen LogP contribution is 2.46. The van der Waals surface area contributed by atoms with Crippen molar-refractivity contribution < 1.29 is 59.4 Å². The number of benzene rings is 1. The van der Waals surface area contributed by atoms with Gasteiger partial charge < -0.3 is 29.7 Å². The second-order valence-corrected chi connectivity index (χ2v) is 18.5. The highest BCUT2D eigenvalue weighted by Gasteiger charge is 2.62. The SMILES string of the molecule is CCOc1cc2ccnc(O[C@@H]3C[C@H]4C(=O)N[C@]5(C(=O)NS(=O)(=O)C6CC6)C[C@H]5/C=C\CC[C@H](C)C[C@@H](CC)C(NC(=O)OC(C)(C)C(F)(F)F)C(=O)N4C3)c2cc1F. The number of aromatic nitrogens is 1. The van der Waals surface area contributed by atoms with Gasteiger partial charge in [0.15, 0.2) is 11.6 Å². The number of halogens is 4. The number of pyridine rings is 1. The van der Waals surface area contributed by atoms with Crippen LogP contribution < -0.4 is 24.8 Å². The van der Waals surface area contributed by atoms with Gasteiger partial charge in [-0.15, -0.1) is 0 Å². The van der Waals surface area contributed by atoms with Crippen LogP contribution in [0.2, 0.25) is 0 Å². The molecule has 1 unspecified atom stereocenters. The predicted molar refractivity (Wildman–Crippen MR) is 206 cm³/mol. The van der Waals surface area contributed by atoms with E-state index in [-0.39, 0.29) is 48.9 Å². The molecule has 6 rings (SSSR count). The Hall–Kier alpha value is -4.68. The average molecular weight is 854 g/mol. The van der Waals surface area contributed by atoms with Crippen LogP contribution in [0.5, 0.6) is 11.6 Å². The number of amides is 4. The Kier molecular flexibility index (Phi) is 12.5. The first-order chi connectivity index (χ1) is 27.7. The first-order valence-electron chi connectivity index (χ1n) is 20.0. The summed E-state index contributed by atoms with van der Waals surface area (Å²) in [6.45, 7) is 6.70. The van der Waals surface area contributed by atoms with Gasteiger partial charge in [0, 0.05) is 23.9 Å². The van der Waals surface area contributed by atoms with Crippen LogP contribution in [-0.4, -0.2) is 96.0 Å². The first-order valence-corrected chi connectivity index (χ1v) is 21.5. The minimum Gasteiger partial charge on any atom is -0.491 e. The molecule has 1 aromatic carbocycles. The molecule has 4 aliphatic rings. The van der Waals surface area contributed by atoms with Gasteiger partial charge in [0.05, 0.1) is 18.4 Å². The van der Waals surface area contributed by atoms with Crippen molar-refractivity contribution in [2.45, 2.75) is 127 Å². The van der Waals surface area contributed by atoms with E-state index in [1.54, 1.807) is 26.0 Å². The summed E-state index contributed by atoms with van der Waals surface area (Å²) in [4.78, 5) is 61.8. The fourth-order valence-electron chi connectivity index (χ4n) is 7.83. The van der Waals surface area contributed by atoms with E-state index >= 15 is 4.39 Å². The molecule has 0 bridgehead atoms. The minimum absolute atomic E-state index is 0.0118. The maximum atomic E-state index is 15.1. The Balaban J connectivity index is 1.37. The van der Waals surface area contributed by atoms with E-state index < -0.39 is 92.2 Å². The molecule has 59 heavy (non-hydrogen) atoms. The van der Waals surface area contributed by atoms with Crippen molar-refractivity contribution in [3.63, 3.8) is 0 Å². The molecule has 7 atom stereocenters.